The number of pyridine rings is 1. The molecule has 0 spiro atoms. The summed E-state index contributed by atoms with van der Waals surface area (Å²) in [7, 11) is 1.95. The lowest BCUT2D eigenvalue weighted by molar-refractivity contribution is 0.255. The van der Waals surface area contributed by atoms with E-state index in [4.69, 9.17) is 0 Å². The van der Waals surface area contributed by atoms with E-state index in [1.165, 1.54) is 0 Å². The van der Waals surface area contributed by atoms with Crippen LogP contribution in [0.5, 0.6) is 0 Å². The Labute approximate surface area is 114 Å². The van der Waals surface area contributed by atoms with Gasteiger partial charge in [-0.1, -0.05) is 39.0 Å². The number of benzene rings is 1. The number of nitrogens with zero attached hydrogens (tertiary/aromatic N) is 1. The number of nitrogens with one attached hydrogen (secondary N) is 1. The zero-order valence-electron chi connectivity index (χ0n) is 12.1. The minimum Gasteiger partial charge on any atom is -0.315 e. The highest BCUT2D eigenvalue weighted by molar-refractivity contribution is 5.78. The van der Waals surface area contributed by atoms with Gasteiger partial charge in [0.25, 0.3) is 5.56 Å². The van der Waals surface area contributed by atoms with Crippen molar-refractivity contribution >= 4 is 10.9 Å². The zero-order valence-corrected chi connectivity index (χ0v) is 12.1. The molecule has 1 atom stereocenters. The van der Waals surface area contributed by atoms with E-state index in [-0.39, 0.29) is 17.0 Å². The van der Waals surface area contributed by atoms with Crippen molar-refractivity contribution in [2.45, 2.75) is 33.4 Å². The van der Waals surface area contributed by atoms with Crippen LogP contribution >= 0.6 is 0 Å². The van der Waals surface area contributed by atoms with E-state index >= 15 is 0 Å². The molecule has 2 aromatic rings. The summed E-state index contributed by atoms with van der Waals surface area (Å²) in [5.74, 6) is 0. The predicted octanol–water partition coefficient (Wildman–Crippen LogP) is 2.64. The Morgan fingerprint density at radius 1 is 1.16 bits per heavy atom. The molecule has 0 fully saturated rings. The van der Waals surface area contributed by atoms with Gasteiger partial charge < -0.3 is 9.88 Å². The number of hydrogen-bond donors (Lipinski definition) is 1. The number of para-hydroxylation sites is 1. The van der Waals surface area contributed by atoms with Crippen LogP contribution in [-0.2, 0) is 6.54 Å². The topological polar surface area (TPSA) is 34.0 Å². The summed E-state index contributed by atoms with van der Waals surface area (Å²) in [4.78, 5) is 12.1. The van der Waals surface area contributed by atoms with Crippen molar-refractivity contribution < 1.29 is 0 Å². The number of hydrogen-bond acceptors (Lipinski definition) is 2. The van der Waals surface area contributed by atoms with Crippen LogP contribution in [0.1, 0.15) is 20.8 Å². The van der Waals surface area contributed by atoms with E-state index in [9.17, 15) is 4.79 Å². The third-order valence-electron chi connectivity index (χ3n) is 3.66. The third-order valence-corrected chi connectivity index (χ3v) is 3.66. The molecule has 0 aliphatic rings. The highest BCUT2D eigenvalue weighted by atomic mass is 16.1. The molecule has 0 radical (unpaired) electrons. The summed E-state index contributed by atoms with van der Waals surface area (Å²) < 4.78 is 1.86. The summed E-state index contributed by atoms with van der Waals surface area (Å²) in [6.45, 7) is 7.24. The summed E-state index contributed by atoms with van der Waals surface area (Å²) in [6.07, 6.45) is 0. The van der Waals surface area contributed by atoms with Gasteiger partial charge in [-0.25, -0.2) is 0 Å². The molecule has 0 amide bonds. The van der Waals surface area contributed by atoms with Crippen LogP contribution in [0, 0.1) is 5.41 Å². The van der Waals surface area contributed by atoms with E-state index in [2.05, 4.69) is 26.1 Å². The van der Waals surface area contributed by atoms with Gasteiger partial charge in [-0.15, -0.1) is 0 Å². The summed E-state index contributed by atoms with van der Waals surface area (Å²) in [5, 5.41) is 4.43. The Kier molecular flexibility index (Phi) is 3.76. The molecule has 0 saturated carbocycles. The Morgan fingerprint density at radius 3 is 2.47 bits per heavy atom. The van der Waals surface area contributed by atoms with Crippen molar-refractivity contribution in [1.82, 2.24) is 9.88 Å². The van der Waals surface area contributed by atoms with Crippen LogP contribution in [0.3, 0.4) is 0 Å². The fourth-order valence-corrected chi connectivity index (χ4v) is 2.41. The molecule has 0 saturated heterocycles. The SMILES string of the molecule is CNC(Cn1c(=O)ccc2ccccc21)C(C)(C)C. The maximum Gasteiger partial charge on any atom is 0.251 e. The average molecular weight is 258 g/mol. The van der Waals surface area contributed by atoms with Crippen LogP contribution in [0.15, 0.2) is 41.2 Å². The smallest absolute Gasteiger partial charge is 0.251 e. The Bertz CT molecular complexity index is 622. The molecule has 3 heteroatoms. The second-order valence-electron chi connectivity index (χ2n) is 6.05. The van der Waals surface area contributed by atoms with Crippen molar-refractivity contribution in [2.24, 2.45) is 5.41 Å². The highest BCUT2D eigenvalue weighted by Gasteiger charge is 2.24. The van der Waals surface area contributed by atoms with Crippen molar-refractivity contribution in [3.8, 4) is 0 Å². The van der Waals surface area contributed by atoms with E-state index in [1.807, 2.05) is 41.9 Å². The first-order valence-electron chi connectivity index (χ1n) is 6.69. The van der Waals surface area contributed by atoms with Gasteiger partial charge in [0.15, 0.2) is 0 Å². The fraction of sp³-hybridized carbons (Fsp3) is 0.438. The van der Waals surface area contributed by atoms with Crippen LogP contribution in [0.25, 0.3) is 10.9 Å². The van der Waals surface area contributed by atoms with Gasteiger partial charge in [0, 0.05) is 18.7 Å². The molecule has 0 aliphatic heterocycles. The average Bonchev–Trinajstić information content (AvgIpc) is 2.36. The molecule has 1 N–H and O–H groups in total. The first-order chi connectivity index (χ1) is 8.93. The molecule has 3 nitrogen and oxygen atoms in total. The summed E-state index contributed by atoms with van der Waals surface area (Å²) in [5.41, 5.74) is 1.16. The second kappa shape index (κ2) is 5.17. The van der Waals surface area contributed by atoms with Crippen LogP contribution in [0.2, 0.25) is 0 Å². The lowest BCUT2D eigenvalue weighted by Crippen LogP contribution is -2.43. The summed E-state index contributed by atoms with van der Waals surface area (Å²) >= 11 is 0. The molecule has 102 valence electrons. The zero-order chi connectivity index (χ0) is 14.0. The Hall–Kier alpha value is -1.61. The first kappa shape index (κ1) is 13.8. The minimum atomic E-state index is 0.0585. The molecule has 0 aliphatic carbocycles. The van der Waals surface area contributed by atoms with Gasteiger partial charge in [-0.3, -0.25) is 4.79 Å². The van der Waals surface area contributed by atoms with Crippen molar-refractivity contribution in [3.05, 3.63) is 46.8 Å². The number of likely N-dealkylation sites (N-methyl/N-ethyl adjacent to an activating group) is 1. The quantitative estimate of drug-likeness (QED) is 0.918. The molecule has 1 aromatic heterocycles. The van der Waals surface area contributed by atoms with Crippen molar-refractivity contribution in [1.29, 1.82) is 0 Å². The minimum absolute atomic E-state index is 0.0585. The lowest BCUT2D eigenvalue weighted by atomic mass is 9.86. The maximum absolute atomic E-state index is 12.1. The van der Waals surface area contributed by atoms with Crippen molar-refractivity contribution in [3.63, 3.8) is 0 Å². The van der Waals surface area contributed by atoms with Gasteiger partial charge in [-0.2, -0.15) is 0 Å². The molecule has 1 unspecified atom stereocenters. The van der Waals surface area contributed by atoms with E-state index in [0.717, 1.165) is 10.9 Å². The monoisotopic (exact) mass is 258 g/mol. The van der Waals surface area contributed by atoms with Gasteiger partial charge in [0.2, 0.25) is 0 Å². The molecular formula is C16H22N2O. The largest absolute Gasteiger partial charge is 0.315 e. The first-order valence-corrected chi connectivity index (χ1v) is 6.69. The van der Waals surface area contributed by atoms with Crippen LogP contribution in [-0.4, -0.2) is 17.7 Å². The fourth-order valence-electron chi connectivity index (χ4n) is 2.41. The number of aromatic nitrogens is 1. The van der Waals surface area contributed by atoms with Gasteiger partial charge >= 0.3 is 0 Å². The molecule has 2 rings (SSSR count). The van der Waals surface area contributed by atoms with E-state index in [1.54, 1.807) is 6.07 Å². The lowest BCUT2D eigenvalue weighted by Gasteiger charge is -2.31. The number of fused-ring (bicyclic) bond motifs is 1. The molecule has 0 bridgehead atoms. The molecule has 1 aromatic carbocycles. The summed E-state index contributed by atoms with van der Waals surface area (Å²) in [6, 6.07) is 11.8. The maximum atomic E-state index is 12.1. The molecule has 19 heavy (non-hydrogen) atoms. The molecular weight excluding hydrogens is 236 g/mol. The van der Waals surface area contributed by atoms with Crippen LogP contribution < -0.4 is 10.9 Å². The number of rotatable bonds is 3. The van der Waals surface area contributed by atoms with Gasteiger partial charge in [-0.05, 0) is 30.0 Å². The van der Waals surface area contributed by atoms with Gasteiger partial charge in [0.1, 0.15) is 0 Å². The van der Waals surface area contributed by atoms with E-state index < -0.39 is 0 Å². The highest BCUT2D eigenvalue weighted by Crippen LogP contribution is 2.21. The normalized spacial score (nSPS) is 13.7. The Morgan fingerprint density at radius 2 is 1.84 bits per heavy atom. The van der Waals surface area contributed by atoms with E-state index in [0.29, 0.717) is 6.54 Å². The van der Waals surface area contributed by atoms with Crippen LogP contribution in [0.4, 0.5) is 0 Å². The molecule has 1 heterocycles. The second-order valence-corrected chi connectivity index (χ2v) is 6.05. The predicted molar refractivity (Wildman–Crippen MR) is 80.5 cm³/mol. The van der Waals surface area contributed by atoms with Crippen molar-refractivity contribution in [2.75, 3.05) is 7.05 Å². The van der Waals surface area contributed by atoms with Gasteiger partial charge in [0.05, 0.1) is 5.52 Å². The third kappa shape index (κ3) is 2.87. The standard InChI is InChI=1S/C16H22N2O/c1-16(2,3)14(17-4)11-18-13-8-6-5-7-12(13)9-10-15(18)19/h5-10,14,17H,11H2,1-4H3. The Balaban J connectivity index is 2.50.